The Hall–Kier alpha value is -1.43. The fourth-order valence-corrected chi connectivity index (χ4v) is 3.26. The van der Waals surface area contributed by atoms with Crippen LogP contribution in [0.2, 0.25) is 0 Å². The summed E-state index contributed by atoms with van der Waals surface area (Å²) in [6, 6.07) is 8.66. The Balaban J connectivity index is 1.34. The quantitative estimate of drug-likeness (QED) is 0.712. The summed E-state index contributed by atoms with van der Waals surface area (Å²) in [5, 5.41) is 6.21. The number of hydrogen-bond acceptors (Lipinski definition) is 4. The van der Waals surface area contributed by atoms with Gasteiger partial charge < -0.3 is 15.5 Å². The molecule has 0 spiro atoms. The molecule has 1 aliphatic heterocycles. The Labute approximate surface area is 151 Å². The monoisotopic (exact) mass is 344 g/mol. The Kier molecular flexibility index (Phi) is 6.84. The third-order valence-corrected chi connectivity index (χ3v) is 5.25. The summed E-state index contributed by atoms with van der Waals surface area (Å²) in [7, 11) is 0. The van der Waals surface area contributed by atoms with Gasteiger partial charge in [0.05, 0.1) is 6.54 Å². The Morgan fingerprint density at radius 1 is 1.04 bits per heavy atom. The molecule has 1 aromatic rings. The molecule has 5 heteroatoms. The average molecular weight is 345 g/mol. The van der Waals surface area contributed by atoms with Gasteiger partial charge in [0.25, 0.3) is 0 Å². The summed E-state index contributed by atoms with van der Waals surface area (Å²) in [6.07, 6.45) is 2.63. The van der Waals surface area contributed by atoms with Crippen molar-refractivity contribution in [1.82, 2.24) is 20.4 Å². The van der Waals surface area contributed by atoms with Crippen LogP contribution >= 0.6 is 0 Å². The minimum atomic E-state index is 0.0820. The number of benzene rings is 1. The van der Waals surface area contributed by atoms with E-state index < -0.39 is 0 Å². The topological polar surface area (TPSA) is 47.6 Å². The average Bonchev–Trinajstić information content (AvgIpc) is 3.46. The van der Waals surface area contributed by atoms with Gasteiger partial charge in [0.2, 0.25) is 5.91 Å². The number of carbonyl (C=O) groups is 1. The van der Waals surface area contributed by atoms with Crippen molar-refractivity contribution in [3.63, 3.8) is 0 Å². The molecule has 0 radical (unpaired) electrons. The first-order valence-corrected chi connectivity index (χ1v) is 9.73. The molecule has 1 aromatic carbocycles. The van der Waals surface area contributed by atoms with Gasteiger partial charge in [-0.25, -0.2) is 0 Å². The van der Waals surface area contributed by atoms with Gasteiger partial charge in [-0.05, 0) is 43.0 Å². The van der Waals surface area contributed by atoms with Crippen LogP contribution in [-0.4, -0.2) is 61.5 Å². The standard InChI is InChI=1S/C20H32N4O/c1-2-23-9-11-24(12-10-23)16-19-7-5-18(6-8-19)14-22-20(25)15-21-13-17-3-4-17/h5-8,17,21H,2-4,9-16H2,1H3,(H,22,25). The van der Waals surface area contributed by atoms with E-state index in [0.29, 0.717) is 13.1 Å². The number of amides is 1. The summed E-state index contributed by atoms with van der Waals surface area (Å²) in [6.45, 7) is 11.1. The third kappa shape index (κ3) is 6.42. The molecule has 2 aliphatic rings. The van der Waals surface area contributed by atoms with Gasteiger partial charge in [-0.1, -0.05) is 31.2 Å². The molecule has 2 N–H and O–H groups in total. The molecule has 1 amide bonds. The van der Waals surface area contributed by atoms with Crippen LogP contribution in [0.4, 0.5) is 0 Å². The van der Waals surface area contributed by atoms with Crippen molar-refractivity contribution in [3.05, 3.63) is 35.4 Å². The molecule has 1 aliphatic carbocycles. The molecule has 1 saturated heterocycles. The first kappa shape index (κ1) is 18.4. The zero-order valence-corrected chi connectivity index (χ0v) is 15.5. The van der Waals surface area contributed by atoms with Gasteiger partial charge in [-0.15, -0.1) is 0 Å². The number of carbonyl (C=O) groups excluding carboxylic acids is 1. The lowest BCUT2D eigenvalue weighted by Gasteiger charge is -2.34. The first-order valence-electron chi connectivity index (χ1n) is 9.73. The molecular formula is C20H32N4O. The highest BCUT2D eigenvalue weighted by Crippen LogP contribution is 2.27. The van der Waals surface area contributed by atoms with Crippen molar-refractivity contribution < 1.29 is 4.79 Å². The summed E-state index contributed by atoms with van der Waals surface area (Å²) >= 11 is 0. The number of likely N-dealkylation sites (N-methyl/N-ethyl adjacent to an activating group) is 1. The third-order valence-electron chi connectivity index (χ3n) is 5.25. The highest BCUT2D eigenvalue weighted by Gasteiger charge is 2.20. The Morgan fingerprint density at radius 3 is 2.32 bits per heavy atom. The zero-order chi connectivity index (χ0) is 17.5. The molecular weight excluding hydrogens is 312 g/mol. The molecule has 0 atom stereocenters. The molecule has 1 saturated carbocycles. The highest BCUT2D eigenvalue weighted by molar-refractivity contribution is 5.77. The van der Waals surface area contributed by atoms with Gasteiger partial charge >= 0.3 is 0 Å². The predicted molar refractivity (Wildman–Crippen MR) is 101 cm³/mol. The fourth-order valence-electron chi connectivity index (χ4n) is 3.26. The molecule has 25 heavy (non-hydrogen) atoms. The van der Waals surface area contributed by atoms with Crippen LogP contribution in [0.25, 0.3) is 0 Å². The summed E-state index contributed by atoms with van der Waals surface area (Å²) in [4.78, 5) is 16.8. The number of piperazine rings is 1. The first-order chi connectivity index (χ1) is 12.2. The lowest BCUT2D eigenvalue weighted by molar-refractivity contribution is -0.120. The molecule has 0 aromatic heterocycles. The minimum absolute atomic E-state index is 0.0820. The van der Waals surface area contributed by atoms with Crippen LogP contribution in [0, 0.1) is 5.92 Å². The predicted octanol–water partition coefficient (Wildman–Crippen LogP) is 1.44. The van der Waals surface area contributed by atoms with Gasteiger partial charge in [0.1, 0.15) is 0 Å². The van der Waals surface area contributed by atoms with Crippen molar-refractivity contribution in [2.45, 2.75) is 32.9 Å². The summed E-state index contributed by atoms with van der Waals surface area (Å²) in [5.74, 6) is 0.892. The second-order valence-electron chi connectivity index (χ2n) is 7.38. The van der Waals surface area contributed by atoms with E-state index in [0.717, 1.165) is 44.2 Å². The molecule has 5 nitrogen and oxygen atoms in total. The maximum Gasteiger partial charge on any atom is 0.234 e. The normalized spacial score (nSPS) is 19.1. The molecule has 138 valence electrons. The second-order valence-corrected chi connectivity index (χ2v) is 7.38. The molecule has 1 heterocycles. The summed E-state index contributed by atoms with van der Waals surface area (Å²) < 4.78 is 0. The number of nitrogens with one attached hydrogen (secondary N) is 2. The molecule has 2 fully saturated rings. The van der Waals surface area contributed by atoms with E-state index in [9.17, 15) is 4.79 Å². The smallest absolute Gasteiger partial charge is 0.234 e. The van der Waals surface area contributed by atoms with Crippen LogP contribution in [0.15, 0.2) is 24.3 Å². The van der Waals surface area contributed by atoms with Crippen LogP contribution in [0.5, 0.6) is 0 Å². The maximum atomic E-state index is 11.8. The molecule has 3 rings (SSSR count). The van der Waals surface area contributed by atoms with E-state index in [4.69, 9.17) is 0 Å². The lowest BCUT2D eigenvalue weighted by Crippen LogP contribution is -2.45. The maximum absolute atomic E-state index is 11.8. The van der Waals surface area contributed by atoms with E-state index in [2.05, 4.69) is 51.6 Å². The lowest BCUT2D eigenvalue weighted by atomic mass is 10.1. The van der Waals surface area contributed by atoms with Crippen LogP contribution in [-0.2, 0) is 17.9 Å². The van der Waals surface area contributed by atoms with Gasteiger partial charge in [0.15, 0.2) is 0 Å². The molecule has 0 bridgehead atoms. The van der Waals surface area contributed by atoms with Crippen LogP contribution in [0.3, 0.4) is 0 Å². The molecule has 0 unspecified atom stereocenters. The van der Waals surface area contributed by atoms with Gasteiger partial charge in [-0.2, -0.15) is 0 Å². The SMILES string of the molecule is CCN1CCN(Cc2ccc(CNC(=O)CNCC3CC3)cc2)CC1. The minimum Gasteiger partial charge on any atom is -0.351 e. The number of hydrogen-bond donors (Lipinski definition) is 2. The fraction of sp³-hybridized carbons (Fsp3) is 0.650. The van der Waals surface area contributed by atoms with E-state index in [-0.39, 0.29) is 5.91 Å². The van der Waals surface area contributed by atoms with Crippen molar-refractivity contribution in [2.75, 3.05) is 45.8 Å². The Bertz CT molecular complexity index is 533. The van der Waals surface area contributed by atoms with Crippen molar-refractivity contribution in [2.24, 2.45) is 5.92 Å². The van der Waals surface area contributed by atoms with E-state index >= 15 is 0 Å². The zero-order valence-electron chi connectivity index (χ0n) is 15.5. The number of nitrogens with zero attached hydrogens (tertiary/aromatic N) is 2. The second kappa shape index (κ2) is 9.32. The van der Waals surface area contributed by atoms with E-state index in [1.165, 1.54) is 31.5 Å². The largest absolute Gasteiger partial charge is 0.351 e. The highest BCUT2D eigenvalue weighted by atomic mass is 16.1. The van der Waals surface area contributed by atoms with E-state index in [1.807, 2.05) is 0 Å². The van der Waals surface area contributed by atoms with Crippen LogP contribution in [0.1, 0.15) is 30.9 Å². The van der Waals surface area contributed by atoms with Gasteiger partial charge in [-0.3, -0.25) is 9.69 Å². The van der Waals surface area contributed by atoms with Crippen molar-refractivity contribution >= 4 is 5.91 Å². The van der Waals surface area contributed by atoms with Crippen LogP contribution < -0.4 is 10.6 Å². The summed E-state index contributed by atoms with van der Waals surface area (Å²) in [5.41, 5.74) is 2.52. The van der Waals surface area contributed by atoms with E-state index in [1.54, 1.807) is 0 Å². The van der Waals surface area contributed by atoms with Crippen molar-refractivity contribution in [3.8, 4) is 0 Å². The van der Waals surface area contributed by atoms with Gasteiger partial charge in [0, 0.05) is 39.3 Å². The van der Waals surface area contributed by atoms with Crippen molar-refractivity contribution in [1.29, 1.82) is 0 Å². The number of rotatable bonds is 9. The Morgan fingerprint density at radius 2 is 1.68 bits per heavy atom.